The summed E-state index contributed by atoms with van der Waals surface area (Å²) < 4.78 is 42.4. The first-order valence-electron chi connectivity index (χ1n) is 45.3. The summed E-state index contributed by atoms with van der Waals surface area (Å²) in [5.74, 6) is 0.957. The number of benzene rings is 5. The summed E-state index contributed by atoms with van der Waals surface area (Å²) in [6.07, 6.45) is 12.8. The van der Waals surface area contributed by atoms with Gasteiger partial charge in [0.2, 0.25) is 57.0 Å². The van der Waals surface area contributed by atoms with Crippen LogP contribution in [0.1, 0.15) is 173 Å². The van der Waals surface area contributed by atoms with Crippen LogP contribution in [0.15, 0.2) is 205 Å². The van der Waals surface area contributed by atoms with E-state index >= 15 is 0 Å². The molecule has 0 atom stereocenters. The molecule has 15 heterocycles. The Labute approximate surface area is 757 Å². The largest absolute Gasteiger partial charge is 0.437 e. The molecule has 0 aliphatic carbocycles. The van der Waals surface area contributed by atoms with Crippen molar-refractivity contribution in [2.45, 2.75) is 190 Å². The SMILES string of the molecule is CCc1ccc2c(n1)oc1c(-c3cc(C)c(C)c[n+]3C)c(C)ccc12.Cc1cc(-c2c(C)ccc3c2oc2nc(C(C)(C)C)ccc23)[n+](C)cc1C.Cc1cc(-c2c(C)ccc3c2oc2nc(C(C)C)ccc23)[n+](C)cc1C.Cc1cc(-c2c(C)ccc3c2oc2nc(CC(C)C)ccc23)[n+](C)cc1C.Cc1ccc2c(n1)oc1c(-c3cc(C)c(C)c[n+]3C)c(C)ccc12. The van der Waals surface area contributed by atoms with Crippen molar-refractivity contribution in [3.8, 4) is 56.3 Å². The molecular weight excluding hydrogens is 1590 g/mol. The van der Waals surface area contributed by atoms with Crippen LogP contribution in [0.2, 0.25) is 0 Å². The van der Waals surface area contributed by atoms with Crippen molar-refractivity contribution in [3.05, 3.63) is 295 Å². The molecule has 0 spiro atoms. The Balaban J connectivity index is 0.000000118. The fourth-order valence-corrected chi connectivity index (χ4v) is 18.0. The second kappa shape index (κ2) is 35.0. The van der Waals surface area contributed by atoms with Crippen LogP contribution in [0, 0.1) is 117 Å². The fourth-order valence-electron chi connectivity index (χ4n) is 18.0. The summed E-state index contributed by atoms with van der Waals surface area (Å²) in [6.45, 7) is 51.6. The Kier molecular flexibility index (Phi) is 24.1. The second-order valence-corrected chi connectivity index (χ2v) is 38.0. The molecule has 0 aliphatic rings. The second-order valence-electron chi connectivity index (χ2n) is 38.0. The Morgan fingerprint density at radius 3 is 0.822 bits per heavy atom. The van der Waals surface area contributed by atoms with Crippen LogP contribution in [-0.2, 0) is 53.5 Å². The van der Waals surface area contributed by atoms with Gasteiger partial charge in [0.15, 0.2) is 58.9 Å². The molecular formula is C114H123N10O5+5. The molecule has 15 nitrogen and oxygen atoms in total. The standard InChI is InChI=1S/2C24H27N2O.C23H25N2O.C22H23N2O.C21H21N2O/c1-14-8-9-17-18-10-11-20(24(4,5)6)25-23(18)27-22(17)21(14)19-12-15(2)16(3)13-26(19)7;1-14(2)11-18-8-10-20-19-9-7-15(3)22(23(19)27-24(20)25-18)21-12-16(4)17(5)13-26(21)6;1-13(2)19-10-9-18-17-8-7-14(3)21(22(17)26-23(18)24-19)20-11-15(4)16(5)12-25(20)6;1-6-16-8-10-18-17-9-7-13(2)20(21(17)25-22(18)23-16)19-11-14(3)15(4)12-24(19)5;1-12-6-8-16-17-9-7-15(4)22-21(17)24-20(16)19(12)18-10-13(2)14(3)11-23(18)5/h8-13H,1-7H3;7-10,12-14H,11H2,1-6H3;7-13H,1-6H3;7-12H,6H2,1-5H3;6-11H,1-5H3/q5*+1. The number of hydrogen-bond acceptors (Lipinski definition) is 10. The maximum Gasteiger partial charge on any atom is 0.227 e. The smallest absolute Gasteiger partial charge is 0.227 e. The summed E-state index contributed by atoms with van der Waals surface area (Å²) in [5.41, 5.74) is 43.9. The van der Waals surface area contributed by atoms with Crippen LogP contribution in [-0.4, -0.2) is 24.9 Å². The molecule has 0 radical (unpaired) electrons. The monoisotopic (exact) mass is 1710 g/mol. The highest BCUT2D eigenvalue weighted by atomic mass is 16.4. The predicted molar refractivity (Wildman–Crippen MR) is 527 cm³/mol. The summed E-state index contributed by atoms with van der Waals surface area (Å²) in [4.78, 5) is 23.6. The Morgan fingerprint density at radius 1 is 0.271 bits per heavy atom. The van der Waals surface area contributed by atoms with Crippen molar-refractivity contribution in [2.24, 2.45) is 41.2 Å². The Hall–Kier alpha value is -13.4. The molecule has 0 N–H and O–H groups in total. The van der Waals surface area contributed by atoms with E-state index in [1.807, 2.05) is 13.0 Å². The third-order valence-corrected chi connectivity index (χ3v) is 26.2. The minimum Gasteiger partial charge on any atom is -0.437 e. The third-order valence-electron chi connectivity index (χ3n) is 26.2. The molecule has 5 aromatic carbocycles. The van der Waals surface area contributed by atoms with Crippen LogP contribution in [0.5, 0.6) is 0 Å². The van der Waals surface area contributed by atoms with Crippen LogP contribution < -0.4 is 22.8 Å². The van der Waals surface area contributed by atoms with E-state index in [2.05, 4.69) is 404 Å². The van der Waals surface area contributed by atoms with Crippen LogP contribution in [0.4, 0.5) is 0 Å². The average molecular weight is 1710 g/mol. The van der Waals surface area contributed by atoms with Crippen molar-refractivity contribution < 1.29 is 44.9 Å². The first-order valence-corrected chi connectivity index (χ1v) is 45.3. The molecule has 20 rings (SSSR count). The van der Waals surface area contributed by atoms with Gasteiger partial charge >= 0.3 is 0 Å². The van der Waals surface area contributed by atoms with E-state index in [9.17, 15) is 0 Å². The minimum absolute atomic E-state index is 0.00752. The first-order chi connectivity index (χ1) is 61.3. The van der Waals surface area contributed by atoms with Gasteiger partial charge in [-0.05, 0) is 252 Å². The average Bonchev–Trinajstić information content (AvgIpc) is 1.60. The predicted octanol–water partition coefficient (Wildman–Crippen LogP) is 26.5. The van der Waals surface area contributed by atoms with Crippen LogP contribution >= 0.6 is 0 Å². The molecule has 15 aromatic heterocycles. The van der Waals surface area contributed by atoms with E-state index in [4.69, 9.17) is 37.0 Å². The number of fused-ring (bicyclic) bond motifs is 15. The highest BCUT2D eigenvalue weighted by molar-refractivity contribution is 6.13. The zero-order chi connectivity index (χ0) is 92.1. The number of hydrogen-bond donors (Lipinski definition) is 0. The summed E-state index contributed by atoms with van der Waals surface area (Å²) in [6, 6.07) is 54.0. The van der Waals surface area contributed by atoms with Crippen molar-refractivity contribution in [1.29, 1.82) is 0 Å². The number of pyridine rings is 10. The van der Waals surface area contributed by atoms with E-state index in [0.717, 1.165) is 185 Å². The highest BCUT2D eigenvalue weighted by Crippen LogP contribution is 2.44. The Bertz CT molecular complexity index is 7890. The van der Waals surface area contributed by atoms with Crippen molar-refractivity contribution >= 4 is 110 Å². The Morgan fingerprint density at radius 2 is 0.527 bits per heavy atom. The normalized spacial score (nSPS) is 11.8. The van der Waals surface area contributed by atoms with Gasteiger partial charge in [-0.25, -0.2) is 47.8 Å². The number of furan rings is 5. The molecule has 15 heteroatoms. The van der Waals surface area contributed by atoms with Gasteiger partial charge in [0.25, 0.3) is 0 Å². The molecule has 0 bridgehead atoms. The summed E-state index contributed by atoms with van der Waals surface area (Å²) in [5, 5.41) is 11.0. The van der Waals surface area contributed by atoms with Gasteiger partial charge in [-0.1, -0.05) is 116 Å². The van der Waals surface area contributed by atoms with E-state index in [1.54, 1.807) is 0 Å². The highest BCUT2D eigenvalue weighted by Gasteiger charge is 2.30. The minimum atomic E-state index is -0.00752. The third kappa shape index (κ3) is 17.0. The molecule has 0 aliphatic heterocycles. The zero-order valence-electron chi connectivity index (χ0n) is 80.9. The molecule has 0 saturated heterocycles. The van der Waals surface area contributed by atoms with Crippen LogP contribution in [0.25, 0.3) is 167 Å². The molecule has 0 unspecified atom stereocenters. The van der Waals surface area contributed by atoms with Gasteiger partial charge in [-0.15, -0.1) is 0 Å². The number of rotatable bonds is 9. The fraction of sp³-hybridized carbons (Fsp3) is 0.298. The lowest BCUT2D eigenvalue weighted by Gasteiger charge is -2.16. The molecule has 0 amide bonds. The molecule has 129 heavy (non-hydrogen) atoms. The molecule has 0 saturated carbocycles. The zero-order valence-corrected chi connectivity index (χ0v) is 80.9. The first kappa shape index (κ1) is 89.0. The van der Waals surface area contributed by atoms with Gasteiger partial charge in [0.1, 0.15) is 35.2 Å². The lowest BCUT2D eigenvalue weighted by molar-refractivity contribution is -0.660. The van der Waals surface area contributed by atoms with Crippen molar-refractivity contribution in [3.63, 3.8) is 0 Å². The van der Waals surface area contributed by atoms with Crippen molar-refractivity contribution in [2.75, 3.05) is 0 Å². The number of aromatic nitrogens is 10. The number of nitrogens with zero attached hydrogens (tertiary/aromatic N) is 10. The van der Waals surface area contributed by atoms with Gasteiger partial charge < -0.3 is 22.1 Å². The molecule has 0 fully saturated rings. The van der Waals surface area contributed by atoms with Crippen LogP contribution in [0.3, 0.4) is 0 Å². The van der Waals surface area contributed by atoms with E-state index in [-0.39, 0.29) is 5.41 Å². The maximum atomic E-state index is 6.36. The molecule has 654 valence electrons. The van der Waals surface area contributed by atoms with Gasteiger partial charge in [0, 0.05) is 146 Å². The van der Waals surface area contributed by atoms with Gasteiger partial charge in [0.05, 0.1) is 27.8 Å². The number of aryl methyl sites for hydroxylation is 22. The maximum absolute atomic E-state index is 6.36. The van der Waals surface area contributed by atoms with Gasteiger partial charge in [-0.2, -0.15) is 0 Å². The van der Waals surface area contributed by atoms with E-state index in [1.165, 1.54) is 101 Å². The summed E-state index contributed by atoms with van der Waals surface area (Å²) in [7, 11) is 10.5. The van der Waals surface area contributed by atoms with Gasteiger partial charge in [-0.3, -0.25) is 0 Å². The lowest BCUT2D eigenvalue weighted by Crippen LogP contribution is -2.31. The summed E-state index contributed by atoms with van der Waals surface area (Å²) >= 11 is 0. The van der Waals surface area contributed by atoms with E-state index < -0.39 is 0 Å². The molecule has 20 aromatic rings. The topological polar surface area (TPSA) is 150 Å². The van der Waals surface area contributed by atoms with E-state index in [0.29, 0.717) is 17.5 Å². The lowest BCUT2D eigenvalue weighted by atomic mass is 9.91. The quantitative estimate of drug-likeness (QED) is 0.128. The van der Waals surface area contributed by atoms with Crippen molar-refractivity contribution in [1.82, 2.24) is 24.9 Å².